The number of Topliss-reactive ketones (excluding diaryl/α,β-unsaturated/α-hetero) is 1. The fourth-order valence-corrected chi connectivity index (χ4v) is 12.1. The van der Waals surface area contributed by atoms with E-state index in [2.05, 4.69) is 53.2 Å². The Morgan fingerprint density at radius 3 is 1.10 bits per heavy atom. The van der Waals surface area contributed by atoms with Crippen molar-refractivity contribution in [2.45, 2.75) is 293 Å². The van der Waals surface area contributed by atoms with Crippen LogP contribution in [0.4, 0.5) is 0 Å². The summed E-state index contributed by atoms with van der Waals surface area (Å²) in [5.74, 6) is -3.39. The molecule has 2 aliphatic rings. The third kappa shape index (κ3) is 48.3. The number of aliphatic hydroxyl groups is 9. The monoisotopic (exact) mass is 1650 g/mol. The molecule has 2 fully saturated rings. The molecule has 0 aromatic heterocycles. The molecule has 0 saturated carbocycles. The Hall–Kier alpha value is -6.35. The van der Waals surface area contributed by atoms with Crippen molar-refractivity contribution in [3.63, 3.8) is 0 Å². The lowest BCUT2D eigenvalue weighted by Gasteiger charge is -2.42. The van der Waals surface area contributed by atoms with Gasteiger partial charge in [-0.1, -0.05) is 45.4 Å². The van der Waals surface area contributed by atoms with Gasteiger partial charge in [0.15, 0.2) is 18.9 Å². The molecule has 0 bridgehead atoms. The van der Waals surface area contributed by atoms with Crippen LogP contribution in [0, 0.1) is 0 Å². The largest absolute Gasteiger partial charge is 0.394 e. The molecule has 39 nitrogen and oxygen atoms in total. The van der Waals surface area contributed by atoms with Crippen molar-refractivity contribution >= 4 is 64.9 Å². The van der Waals surface area contributed by atoms with Crippen molar-refractivity contribution in [3.05, 3.63) is 0 Å². The van der Waals surface area contributed by atoms with Gasteiger partial charge in [-0.2, -0.15) is 0 Å². The highest BCUT2D eigenvalue weighted by Gasteiger charge is 2.47. The van der Waals surface area contributed by atoms with Crippen LogP contribution in [0.5, 0.6) is 0 Å². The van der Waals surface area contributed by atoms with E-state index in [1.807, 2.05) is 6.92 Å². The van der Waals surface area contributed by atoms with Crippen LogP contribution in [0.15, 0.2) is 0 Å². The lowest BCUT2D eigenvalue weighted by molar-refractivity contribution is -0.270. The summed E-state index contributed by atoms with van der Waals surface area (Å²) in [6.07, 6.45) is -1.78. The van der Waals surface area contributed by atoms with E-state index in [1.165, 1.54) is 27.7 Å². The second kappa shape index (κ2) is 63.7. The first kappa shape index (κ1) is 105. The molecular formula is C76H138N10O29. The molecule has 0 aliphatic carbocycles. The molecule has 19 N–H and O–H groups in total. The number of rotatable bonds is 69. The number of ether oxygens (including phenoxy) is 9. The van der Waals surface area contributed by atoms with E-state index in [0.29, 0.717) is 77.0 Å². The number of hydrogen-bond donors (Lipinski definition) is 19. The predicted molar refractivity (Wildman–Crippen MR) is 413 cm³/mol. The first-order valence-electron chi connectivity index (χ1n) is 40.8. The van der Waals surface area contributed by atoms with Crippen LogP contribution in [0.2, 0.25) is 0 Å². The van der Waals surface area contributed by atoms with Crippen LogP contribution < -0.4 is 53.2 Å². The van der Waals surface area contributed by atoms with E-state index in [0.717, 1.165) is 44.9 Å². The molecule has 2 rings (SSSR count). The fourth-order valence-electron chi connectivity index (χ4n) is 12.1. The zero-order chi connectivity index (χ0) is 85.2. The number of ketones is 1. The lowest BCUT2D eigenvalue weighted by Crippen LogP contribution is -2.64. The molecule has 666 valence electrons. The van der Waals surface area contributed by atoms with Gasteiger partial charge in [0.2, 0.25) is 59.1 Å². The van der Waals surface area contributed by atoms with E-state index >= 15 is 0 Å². The normalized spacial score (nSPS) is 20.9. The van der Waals surface area contributed by atoms with Gasteiger partial charge in [-0.15, -0.1) is 0 Å². The van der Waals surface area contributed by atoms with Gasteiger partial charge in [-0.3, -0.25) is 52.7 Å². The third-order valence-electron chi connectivity index (χ3n) is 18.6. The van der Waals surface area contributed by atoms with E-state index in [-0.39, 0.29) is 191 Å². The van der Waals surface area contributed by atoms with Crippen LogP contribution in [0.25, 0.3) is 0 Å². The van der Waals surface area contributed by atoms with Crippen LogP contribution >= 0.6 is 0 Å². The predicted octanol–water partition coefficient (Wildman–Crippen LogP) is -3.16. The Morgan fingerprint density at radius 1 is 0.409 bits per heavy atom. The van der Waals surface area contributed by atoms with Gasteiger partial charge in [0.05, 0.1) is 72.2 Å². The first-order valence-corrected chi connectivity index (χ1v) is 40.8. The summed E-state index contributed by atoms with van der Waals surface area (Å²) >= 11 is 0. The summed E-state index contributed by atoms with van der Waals surface area (Å²) in [7, 11) is 0. The quantitative estimate of drug-likeness (QED) is 0.0211. The molecule has 39 heteroatoms. The second-order valence-corrected chi connectivity index (χ2v) is 28.9. The van der Waals surface area contributed by atoms with Gasteiger partial charge < -0.3 is 142 Å². The topological polar surface area (TPSA) is 573 Å². The molecule has 14 atom stereocenters. The smallest absolute Gasteiger partial charge is 0.222 e. The summed E-state index contributed by atoms with van der Waals surface area (Å²) in [6, 6.07) is -3.18. The summed E-state index contributed by atoms with van der Waals surface area (Å²) in [6.45, 7) is 5.24. The molecular weight excluding hydrogens is 1520 g/mol. The Bertz CT molecular complexity index is 2650. The standard InChI is InChI=1S/C76H138N10O29/c1-6-55(95)24-13-11-9-7-8-10-12-14-28-66(102)86-76(48-107-41-29-63(99)80-35-21-32-77-60(96)25-15-18-38-110-73(56(44-87)83-52(3)92)113-57(45-88)51(2)91,49-108-42-30-64(100)81-36-22-33-78-61(97)26-16-19-39-111-74-67(84-53(4)93)71(105)69(103)58(46-89)114-74)50-109-43-31-65(101)82-37-23-34-79-62(98)27-17-20-40-112-75-68(85-54(5)94)72(106)70(104)59(47-90)115-75/h51,56-59,67-75,87-91,103-106H,6-50H2,1-5H3,(H,77,96)(H,78,97)(H,79,98)(H,80,99)(H,81,100)(H,82,101)(H,83,92)(H,84,93)(H,85,94)(H,86,102)/t51-,56-,57?,58?,59?,67?,68?,69?,70?,71?,72?,73?,74?,75?,76?/m0/s1. The zero-order valence-electron chi connectivity index (χ0n) is 68.1. The van der Waals surface area contributed by atoms with E-state index in [1.54, 1.807) is 0 Å². The van der Waals surface area contributed by atoms with Gasteiger partial charge >= 0.3 is 0 Å². The number of carbonyl (C=O) groups is 11. The van der Waals surface area contributed by atoms with Gasteiger partial charge in [0.25, 0.3) is 0 Å². The average Bonchev–Trinajstić information content (AvgIpc) is 0.813. The number of nitrogens with one attached hydrogen (secondary N) is 10. The minimum absolute atomic E-state index is 0.0631. The second-order valence-electron chi connectivity index (χ2n) is 28.9. The van der Waals surface area contributed by atoms with E-state index in [4.69, 9.17) is 42.6 Å². The van der Waals surface area contributed by atoms with Crippen LogP contribution in [0.1, 0.15) is 202 Å². The van der Waals surface area contributed by atoms with Crippen LogP contribution in [0.3, 0.4) is 0 Å². The molecule has 2 aliphatic heterocycles. The van der Waals surface area contributed by atoms with Gasteiger partial charge in [-0.05, 0) is 77.6 Å². The summed E-state index contributed by atoms with van der Waals surface area (Å²) in [5.41, 5.74) is -1.41. The number of aliphatic hydroxyl groups excluding tert-OH is 9. The third-order valence-corrected chi connectivity index (χ3v) is 18.6. The summed E-state index contributed by atoms with van der Waals surface area (Å²) < 4.78 is 52.3. The van der Waals surface area contributed by atoms with Gasteiger partial charge in [-0.25, -0.2) is 0 Å². The average molecular weight is 1660 g/mol. The Kier molecular flexibility index (Phi) is 58.0. The lowest BCUT2D eigenvalue weighted by atomic mass is 9.97. The number of hydrogen-bond acceptors (Lipinski definition) is 29. The maximum absolute atomic E-state index is 13.9. The SMILES string of the molecule is CCC(=O)CCCCCCCCCCC(=O)NC(COCCC(=O)NCCCNC(=O)CCCCOC1OC(CO)C(O)C(O)C1NC(C)=O)(COCCC(=O)NCCCNC(=O)CCCCOC1OC(CO)C(O)C(O)C1NC(C)=O)COCCC(=O)NCCCNC(=O)CCCCOC(OC(CO)[C@H](C)O)[C@H](CO)NC(C)=O. The molecule has 0 radical (unpaired) electrons. The van der Waals surface area contributed by atoms with E-state index in [9.17, 15) is 98.7 Å². The van der Waals surface area contributed by atoms with Crippen molar-refractivity contribution in [1.29, 1.82) is 0 Å². The highest BCUT2D eigenvalue weighted by molar-refractivity contribution is 5.79. The number of unbranched alkanes of at least 4 members (excludes halogenated alkanes) is 10. The van der Waals surface area contributed by atoms with Crippen LogP contribution in [-0.4, -0.2) is 327 Å². The van der Waals surface area contributed by atoms with Crippen molar-refractivity contribution in [2.75, 3.05) is 125 Å². The highest BCUT2D eigenvalue weighted by Crippen LogP contribution is 2.25. The van der Waals surface area contributed by atoms with Gasteiger partial charge in [0, 0.05) is 138 Å². The molecule has 0 aromatic rings. The maximum atomic E-state index is 13.9. The molecule has 0 aromatic carbocycles. The van der Waals surface area contributed by atoms with Crippen molar-refractivity contribution in [1.82, 2.24) is 53.2 Å². The first-order chi connectivity index (χ1) is 55.1. The van der Waals surface area contributed by atoms with Crippen molar-refractivity contribution < 1.29 is 141 Å². The van der Waals surface area contributed by atoms with Gasteiger partial charge in [0.1, 0.15) is 72.2 Å². The highest BCUT2D eigenvalue weighted by atomic mass is 16.7. The van der Waals surface area contributed by atoms with Crippen molar-refractivity contribution in [3.8, 4) is 0 Å². The molecule has 115 heavy (non-hydrogen) atoms. The van der Waals surface area contributed by atoms with Crippen molar-refractivity contribution in [2.24, 2.45) is 0 Å². The minimum Gasteiger partial charge on any atom is -0.394 e. The number of carbonyl (C=O) groups excluding carboxylic acids is 11. The molecule has 2 heterocycles. The van der Waals surface area contributed by atoms with E-state index < -0.39 is 136 Å². The Balaban J connectivity index is 2.05. The summed E-state index contributed by atoms with van der Waals surface area (Å²) in [4.78, 5) is 138. The minimum atomic E-state index is -1.46. The molecule has 2 saturated heterocycles. The maximum Gasteiger partial charge on any atom is 0.222 e. The summed E-state index contributed by atoms with van der Waals surface area (Å²) in [5, 5.41) is 117. The molecule has 10 amide bonds. The Morgan fingerprint density at radius 2 is 0.757 bits per heavy atom. The number of amides is 10. The zero-order valence-corrected chi connectivity index (χ0v) is 68.1. The molecule has 12 unspecified atom stereocenters. The fraction of sp³-hybridized carbons (Fsp3) is 0.855. The Labute approximate surface area is 675 Å². The van der Waals surface area contributed by atoms with Crippen LogP contribution in [-0.2, 0) is 95.4 Å². The molecule has 0 spiro atoms.